The van der Waals surface area contributed by atoms with Crippen LogP contribution in [0.2, 0.25) is 10.0 Å². The zero-order valence-electron chi connectivity index (χ0n) is 56.5. The average molecular weight is 1750 g/mol. The predicted octanol–water partition coefficient (Wildman–Crippen LogP) is 29.3. The van der Waals surface area contributed by atoms with Gasteiger partial charge in [-0.15, -0.1) is 0 Å². The van der Waals surface area contributed by atoms with Crippen LogP contribution in [-0.2, 0) is 40.6 Å². The SMILES string of the molecule is C.Cc1cc(P(c2cc(C)cc(C(F)(F)F)c2)c2cc(C(F)(F)F)cc(C(F)(F)F)c2)cc(C(F)(F)F)c1.Clc1cccc2c1oc1ccc3c4ccccc4c4ccccc4c3c12.Clc1cccc2c1oc1cccc(-c3ccccc3-c3ccccc3Br)c12.N#Cc1ccccc1.N#Cc1ccccc1.[Cl][Pd][Cl]. The van der Waals surface area contributed by atoms with E-state index in [-0.39, 0.29) is 51.2 Å². The number of furan rings is 2. The van der Waals surface area contributed by atoms with Crippen LogP contribution in [0.5, 0.6) is 0 Å². The Bertz CT molecular complexity index is 5900. The van der Waals surface area contributed by atoms with Gasteiger partial charge in [-0.05, 0) is 201 Å². The zero-order valence-corrected chi connectivity index (χ0v) is 63.5. The molecule has 0 radical (unpaired) electrons. The molecule has 0 bridgehead atoms. The Hall–Kier alpha value is -9.67. The van der Waals surface area contributed by atoms with Gasteiger partial charge in [0, 0.05) is 31.4 Å². The number of fused-ring (bicyclic) bond motifs is 13. The molecule has 14 aromatic carbocycles. The number of benzene rings is 14. The first-order valence-corrected chi connectivity index (χ1v) is 39.4. The van der Waals surface area contributed by atoms with Crippen molar-refractivity contribution in [3.63, 3.8) is 0 Å². The summed E-state index contributed by atoms with van der Waals surface area (Å²) in [6.07, 6.45) is -20.4. The zero-order chi connectivity index (χ0) is 78.1. The first kappa shape index (κ1) is 82.8. The van der Waals surface area contributed by atoms with Crippen LogP contribution in [0.3, 0.4) is 0 Å². The summed E-state index contributed by atoms with van der Waals surface area (Å²) in [6.45, 7) is 2.44. The summed E-state index contributed by atoms with van der Waals surface area (Å²) in [6, 6.07) is 83.7. The molecule has 4 nitrogen and oxygen atoms in total. The summed E-state index contributed by atoms with van der Waals surface area (Å²) in [4.78, 5) is 0. The number of hydrogen-bond acceptors (Lipinski definition) is 4. The van der Waals surface area contributed by atoms with Crippen molar-refractivity contribution in [2.24, 2.45) is 0 Å². The Morgan fingerprint density at radius 3 is 1.10 bits per heavy atom. The predicted molar refractivity (Wildman–Crippen MR) is 424 cm³/mol. The van der Waals surface area contributed by atoms with E-state index in [0.29, 0.717) is 57.6 Å². The first-order valence-electron chi connectivity index (χ1n) is 32.5. The molecule has 110 heavy (non-hydrogen) atoms. The fourth-order valence-electron chi connectivity index (χ4n) is 12.6. The van der Waals surface area contributed by atoms with Crippen LogP contribution in [0, 0.1) is 36.5 Å². The minimum atomic E-state index is -5.27. The van der Waals surface area contributed by atoms with Gasteiger partial charge >= 0.3 is 59.7 Å². The first-order chi connectivity index (χ1) is 52.0. The van der Waals surface area contributed by atoms with Crippen LogP contribution in [0.1, 0.15) is 51.9 Å². The van der Waals surface area contributed by atoms with E-state index in [9.17, 15) is 52.7 Å². The van der Waals surface area contributed by atoms with Crippen LogP contribution >= 0.6 is 66.1 Å². The Balaban J connectivity index is 0.000000157. The van der Waals surface area contributed by atoms with E-state index in [4.69, 9.17) is 61.6 Å². The molecule has 0 aliphatic rings. The maximum atomic E-state index is 13.5. The van der Waals surface area contributed by atoms with Gasteiger partial charge in [-0.25, -0.2) is 0 Å². The quantitative estimate of drug-likeness (QED) is 0.0745. The minimum absolute atomic E-state index is 0. The molecule has 0 saturated heterocycles. The molecule has 0 unspecified atom stereocenters. The van der Waals surface area contributed by atoms with Crippen LogP contribution in [0.25, 0.3) is 98.4 Å². The molecule has 23 heteroatoms. The van der Waals surface area contributed by atoms with Crippen molar-refractivity contribution in [1.82, 2.24) is 0 Å². The van der Waals surface area contributed by atoms with Gasteiger partial charge in [-0.3, -0.25) is 0 Å². The van der Waals surface area contributed by atoms with Gasteiger partial charge in [0.2, 0.25) is 0 Å². The second kappa shape index (κ2) is 35.6. The Morgan fingerprint density at radius 2 is 0.673 bits per heavy atom. The molecule has 0 aliphatic heterocycles. The van der Waals surface area contributed by atoms with Gasteiger partial charge < -0.3 is 8.83 Å². The molecule has 0 fully saturated rings. The summed E-state index contributed by atoms with van der Waals surface area (Å²) in [5.41, 5.74) is 3.24. The van der Waals surface area contributed by atoms with Crippen molar-refractivity contribution in [3.8, 4) is 34.4 Å². The average Bonchev–Trinajstić information content (AvgIpc) is 1.42. The second-order valence-corrected chi connectivity index (χ2v) is 30.6. The Labute approximate surface area is 659 Å². The molecule has 0 atom stereocenters. The molecule has 2 aromatic heterocycles. The molecule has 0 amide bonds. The molecular formula is C87H56BrCl4F12N2O2PPd. The van der Waals surface area contributed by atoms with Gasteiger partial charge in [-0.1, -0.05) is 222 Å². The van der Waals surface area contributed by atoms with Gasteiger partial charge in [0.25, 0.3) is 0 Å². The van der Waals surface area contributed by atoms with Crippen molar-refractivity contribution in [1.29, 1.82) is 10.5 Å². The van der Waals surface area contributed by atoms with E-state index in [1.54, 1.807) is 24.3 Å². The third-order valence-corrected chi connectivity index (χ3v) is 20.7. The van der Waals surface area contributed by atoms with Gasteiger partial charge in [0.15, 0.2) is 11.2 Å². The van der Waals surface area contributed by atoms with Gasteiger partial charge in [-0.2, -0.15) is 63.2 Å². The van der Waals surface area contributed by atoms with Gasteiger partial charge in [0.05, 0.1) is 55.6 Å². The van der Waals surface area contributed by atoms with Crippen molar-refractivity contribution >= 4 is 158 Å². The topological polar surface area (TPSA) is 73.9 Å². The summed E-state index contributed by atoms with van der Waals surface area (Å²) in [5, 5.41) is 28.3. The third-order valence-electron chi connectivity index (χ3n) is 17.1. The number of alkyl halides is 12. The fraction of sp³-hybridized carbons (Fsp3) is 0.0805. The van der Waals surface area contributed by atoms with Crippen molar-refractivity contribution in [3.05, 3.63) is 338 Å². The van der Waals surface area contributed by atoms with Gasteiger partial charge in [0.1, 0.15) is 11.2 Å². The maximum absolute atomic E-state index is 13.5. The number of nitrogens with zero attached hydrogens (tertiary/aromatic N) is 2. The summed E-state index contributed by atoms with van der Waals surface area (Å²) < 4.78 is 175. The molecule has 16 aromatic rings. The number of nitriles is 2. The van der Waals surface area contributed by atoms with Crippen LogP contribution < -0.4 is 15.9 Å². The molecule has 560 valence electrons. The molecule has 16 rings (SSSR count). The summed E-state index contributed by atoms with van der Waals surface area (Å²) in [7, 11) is 6.90. The molecular weight excluding hydrogens is 1690 g/mol. The van der Waals surface area contributed by atoms with E-state index in [0.717, 1.165) is 77.2 Å². The molecule has 0 N–H and O–H groups in total. The normalized spacial score (nSPS) is 11.5. The van der Waals surface area contributed by atoms with E-state index in [2.05, 4.69) is 137 Å². The van der Waals surface area contributed by atoms with Crippen LogP contribution in [0.15, 0.2) is 292 Å². The number of halogens is 17. The Morgan fingerprint density at radius 1 is 0.345 bits per heavy atom. The van der Waals surface area contributed by atoms with Crippen LogP contribution in [-0.4, -0.2) is 0 Å². The fourth-order valence-corrected chi connectivity index (χ4v) is 16.1. The van der Waals surface area contributed by atoms with Crippen LogP contribution in [0.4, 0.5) is 52.7 Å². The molecule has 0 saturated carbocycles. The second-order valence-electron chi connectivity index (χ2n) is 24.3. The number of rotatable bonds is 5. The van der Waals surface area contributed by atoms with E-state index < -0.39 is 60.2 Å². The van der Waals surface area contributed by atoms with E-state index in [1.165, 1.54) is 51.7 Å². The van der Waals surface area contributed by atoms with E-state index >= 15 is 0 Å². The third kappa shape index (κ3) is 19.0. The number of para-hydroxylation sites is 2. The number of hydrogen-bond donors (Lipinski definition) is 0. The summed E-state index contributed by atoms with van der Waals surface area (Å²) in [5.74, 6) is 0. The monoisotopic (exact) mass is 1740 g/mol. The Kier molecular flexibility index (Phi) is 26.8. The molecule has 0 aliphatic carbocycles. The van der Waals surface area contributed by atoms with Crippen molar-refractivity contribution in [2.45, 2.75) is 46.0 Å². The number of aryl methyl sites for hydroxylation is 2. The molecule has 0 spiro atoms. The summed E-state index contributed by atoms with van der Waals surface area (Å²) >= 11 is 16.4. The van der Waals surface area contributed by atoms with E-state index in [1.807, 2.05) is 91.0 Å². The van der Waals surface area contributed by atoms with Crippen molar-refractivity contribution < 1.29 is 77.5 Å². The van der Waals surface area contributed by atoms with Crippen molar-refractivity contribution in [2.75, 3.05) is 0 Å². The molecule has 2 heterocycles. The standard InChI is InChI=1S/C24H14BrClO.C24H13ClO.C24H15F12P.2C7H5N.CH4.2ClH.Pd/c25-20-12-4-3-9-17(20)15-7-1-2-8-16(15)18-10-6-14-22-23(18)19-11-5-13-21(26)24(19)27-22;25-20-11-5-10-19-23-21(26-24(19)20)13-12-18-16-8-2-1-6-14(16)15-7-3-4-9-17(15)22(18)23;1-12-3-14(21(25,26)27)8-18(5-12)37(19-6-13(2)4-15(9-19)22(28,29)30)20-10-16(23(31,32)33)7-17(11-20)24(34,35)36;2*8-6-7-4-2-1-3-5-7;;;;/h1-14H;1-13H;3-11H,1-2H3;2*1-5H;1H4;2*1H;/q;;;;;;;;+2/p-2.